The fraction of sp³-hybridized carbons (Fsp3) is 0.929. The van der Waals surface area contributed by atoms with Crippen LogP contribution in [0.1, 0.15) is 33.6 Å². The van der Waals surface area contributed by atoms with Crippen molar-refractivity contribution in [1.82, 2.24) is 10.2 Å². The van der Waals surface area contributed by atoms with Crippen LogP contribution in [-0.2, 0) is 4.74 Å². The Balaban J connectivity index is 2.19. The summed E-state index contributed by atoms with van der Waals surface area (Å²) in [5.74, 6) is 0. The van der Waals surface area contributed by atoms with E-state index in [2.05, 4.69) is 37.1 Å². The molecule has 1 unspecified atom stereocenters. The van der Waals surface area contributed by atoms with E-state index in [1.807, 2.05) is 0 Å². The molecule has 0 aliphatic carbocycles. The molecule has 1 saturated heterocycles. The molecule has 1 aliphatic heterocycles. The summed E-state index contributed by atoms with van der Waals surface area (Å²) in [5.41, 5.74) is 0.203. The molecule has 0 saturated carbocycles. The molecule has 0 bridgehead atoms. The van der Waals surface area contributed by atoms with Gasteiger partial charge in [0.05, 0.1) is 19.3 Å². The minimum atomic E-state index is 0.203. The summed E-state index contributed by atoms with van der Waals surface area (Å²) in [4.78, 5) is 2.45. The third-order valence-corrected chi connectivity index (χ3v) is 3.48. The van der Waals surface area contributed by atoms with Crippen LogP contribution >= 0.6 is 0 Å². The van der Waals surface area contributed by atoms with Gasteiger partial charge in [0.2, 0.25) is 0 Å². The van der Waals surface area contributed by atoms with E-state index in [9.17, 15) is 0 Å². The van der Waals surface area contributed by atoms with E-state index in [-0.39, 0.29) is 5.41 Å². The smallest absolute Gasteiger partial charge is 0.0621 e. The van der Waals surface area contributed by atoms with Crippen LogP contribution in [-0.4, -0.2) is 50.3 Å². The minimum absolute atomic E-state index is 0.203. The van der Waals surface area contributed by atoms with Crippen LogP contribution in [0.15, 0.2) is 0 Å². The second-order valence-electron chi connectivity index (χ2n) is 6.02. The summed E-state index contributed by atoms with van der Waals surface area (Å²) >= 11 is 0. The zero-order valence-corrected chi connectivity index (χ0v) is 12.0. The Morgan fingerprint density at radius 1 is 1.39 bits per heavy atom. The highest BCUT2D eigenvalue weighted by molar-refractivity contribution is 4.80. The first-order valence-electron chi connectivity index (χ1n) is 6.94. The van der Waals surface area contributed by atoms with Gasteiger partial charge in [0.15, 0.2) is 0 Å². The van der Waals surface area contributed by atoms with Gasteiger partial charge in [0, 0.05) is 38.6 Å². The molecule has 1 fully saturated rings. The van der Waals surface area contributed by atoms with Gasteiger partial charge in [-0.3, -0.25) is 4.90 Å². The van der Waals surface area contributed by atoms with Crippen molar-refractivity contribution in [2.24, 2.45) is 5.41 Å². The quantitative estimate of drug-likeness (QED) is 0.749. The maximum absolute atomic E-state index is 8.63. The van der Waals surface area contributed by atoms with E-state index < -0.39 is 0 Å². The van der Waals surface area contributed by atoms with Crippen LogP contribution < -0.4 is 5.32 Å². The molecule has 4 heteroatoms. The molecule has 4 nitrogen and oxygen atoms in total. The van der Waals surface area contributed by atoms with Crippen LogP contribution in [0.4, 0.5) is 0 Å². The summed E-state index contributed by atoms with van der Waals surface area (Å²) in [6.07, 6.45) is 1.60. The predicted octanol–water partition coefficient (Wildman–Crippen LogP) is 1.63. The number of hydrogen-bond donors (Lipinski definition) is 1. The first-order valence-corrected chi connectivity index (χ1v) is 6.94. The summed E-state index contributed by atoms with van der Waals surface area (Å²) in [5, 5.41) is 12.2. The molecule has 0 spiro atoms. The van der Waals surface area contributed by atoms with Crippen LogP contribution in [0.2, 0.25) is 0 Å². The second-order valence-corrected chi connectivity index (χ2v) is 6.02. The lowest BCUT2D eigenvalue weighted by molar-refractivity contribution is 0.0339. The molecule has 104 valence electrons. The lowest BCUT2D eigenvalue weighted by atomic mass is 9.88. The normalized spacial score (nSPS) is 19.4. The summed E-state index contributed by atoms with van der Waals surface area (Å²) in [6.45, 7) is 12.5. The van der Waals surface area contributed by atoms with E-state index in [0.29, 0.717) is 12.5 Å². The molecular formula is C14H27N3O. The second kappa shape index (κ2) is 7.73. The van der Waals surface area contributed by atoms with Crippen molar-refractivity contribution in [2.75, 3.05) is 39.4 Å². The zero-order valence-electron chi connectivity index (χ0n) is 12.0. The molecule has 0 aromatic rings. The number of rotatable bonds is 7. The van der Waals surface area contributed by atoms with Gasteiger partial charge in [-0.2, -0.15) is 5.26 Å². The largest absolute Gasteiger partial charge is 0.379 e. The molecule has 18 heavy (non-hydrogen) atoms. The maximum Gasteiger partial charge on any atom is 0.0621 e. The van der Waals surface area contributed by atoms with E-state index >= 15 is 0 Å². The van der Waals surface area contributed by atoms with Gasteiger partial charge >= 0.3 is 0 Å². The van der Waals surface area contributed by atoms with Crippen molar-refractivity contribution in [3.8, 4) is 6.07 Å². The van der Waals surface area contributed by atoms with E-state index in [1.165, 1.54) is 0 Å². The van der Waals surface area contributed by atoms with Crippen molar-refractivity contribution in [1.29, 1.82) is 5.26 Å². The minimum Gasteiger partial charge on any atom is -0.379 e. The van der Waals surface area contributed by atoms with E-state index in [1.54, 1.807) is 0 Å². The van der Waals surface area contributed by atoms with Gasteiger partial charge in [-0.05, 0) is 18.8 Å². The Labute approximate surface area is 111 Å². The standard InChI is InChI=1S/C14H27N3O/c1-13(11-17-7-9-18-10-8-17)16-12-14(2,3)5-4-6-15/h13,16H,4-5,7-12H2,1-3H3. The highest BCUT2D eigenvalue weighted by Crippen LogP contribution is 2.20. The van der Waals surface area contributed by atoms with Crippen LogP contribution in [0.25, 0.3) is 0 Å². The summed E-state index contributed by atoms with van der Waals surface area (Å²) < 4.78 is 5.35. The Bertz CT molecular complexity index is 267. The summed E-state index contributed by atoms with van der Waals surface area (Å²) in [7, 11) is 0. The van der Waals surface area contributed by atoms with Crippen LogP contribution in [0.5, 0.6) is 0 Å². The van der Waals surface area contributed by atoms with Crippen LogP contribution in [0, 0.1) is 16.7 Å². The Kier molecular flexibility index (Phi) is 6.62. The van der Waals surface area contributed by atoms with Crippen molar-refractivity contribution in [2.45, 2.75) is 39.7 Å². The highest BCUT2D eigenvalue weighted by Gasteiger charge is 2.19. The molecule has 1 N–H and O–H groups in total. The number of nitrogens with one attached hydrogen (secondary N) is 1. The van der Waals surface area contributed by atoms with Gasteiger partial charge in [-0.1, -0.05) is 13.8 Å². The van der Waals surface area contributed by atoms with Crippen LogP contribution in [0.3, 0.4) is 0 Å². The third-order valence-electron chi connectivity index (χ3n) is 3.48. The monoisotopic (exact) mass is 253 g/mol. The summed E-state index contributed by atoms with van der Waals surface area (Å²) in [6, 6.07) is 2.72. The number of hydrogen-bond acceptors (Lipinski definition) is 4. The lowest BCUT2D eigenvalue weighted by Crippen LogP contribution is -2.46. The number of morpholine rings is 1. The third kappa shape index (κ3) is 6.34. The molecule has 0 aromatic carbocycles. The Morgan fingerprint density at radius 3 is 2.67 bits per heavy atom. The molecule has 0 aromatic heterocycles. The number of nitriles is 1. The van der Waals surface area contributed by atoms with Gasteiger partial charge in [0.1, 0.15) is 0 Å². The lowest BCUT2D eigenvalue weighted by Gasteiger charge is -2.31. The molecule has 1 rings (SSSR count). The molecule has 1 heterocycles. The fourth-order valence-corrected chi connectivity index (χ4v) is 2.17. The maximum atomic E-state index is 8.63. The fourth-order valence-electron chi connectivity index (χ4n) is 2.17. The van der Waals surface area contributed by atoms with Gasteiger partial charge < -0.3 is 10.1 Å². The van der Waals surface area contributed by atoms with Gasteiger partial charge in [-0.25, -0.2) is 0 Å². The topological polar surface area (TPSA) is 48.3 Å². The average molecular weight is 253 g/mol. The number of ether oxygens (including phenoxy) is 1. The molecular weight excluding hydrogens is 226 g/mol. The van der Waals surface area contributed by atoms with Crippen molar-refractivity contribution in [3.63, 3.8) is 0 Å². The zero-order chi connectivity index (χ0) is 13.4. The van der Waals surface area contributed by atoms with Gasteiger partial charge in [-0.15, -0.1) is 0 Å². The van der Waals surface area contributed by atoms with Crippen molar-refractivity contribution < 1.29 is 4.74 Å². The molecule has 1 atom stereocenters. The van der Waals surface area contributed by atoms with Gasteiger partial charge in [0.25, 0.3) is 0 Å². The molecule has 1 aliphatic rings. The predicted molar refractivity (Wildman–Crippen MR) is 73.4 cm³/mol. The average Bonchev–Trinajstić information content (AvgIpc) is 2.36. The molecule has 0 radical (unpaired) electrons. The van der Waals surface area contributed by atoms with Crippen molar-refractivity contribution in [3.05, 3.63) is 0 Å². The van der Waals surface area contributed by atoms with E-state index in [0.717, 1.165) is 45.8 Å². The first kappa shape index (κ1) is 15.4. The van der Waals surface area contributed by atoms with Crippen molar-refractivity contribution >= 4 is 0 Å². The Hall–Kier alpha value is -0.630. The molecule has 0 amide bonds. The number of nitrogens with zero attached hydrogens (tertiary/aromatic N) is 2. The highest BCUT2D eigenvalue weighted by atomic mass is 16.5. The Morgan fingerprint density at radius 2 is 2.06 bits per heavy atom. The SMILES string of the molecule is CC(CN1CCOCC1)NCC(C)(C)CCC#N. The van der Waals surface area contributed by atoms with E-state index in [4.69, 9.17) is 10.00 Å². The first-order chi connectivity index (χ1) is 8.53.